The van der Waals surface area contributed by atoms with E-state index in [0.717, 1.165) is 12.8 Å². The van der Waals surface area contributed by atoms with Crippen LogP contribution in [0, 0.1) is 12.3 Å². The predicted molar refractivity (Wildman–Crippen MR) is 45.9 cm³/mol. The fraction of sp³-hybridized carbons (Fsp3) is 0.400. The molecule has 0 radical (unpaired) electrons. The van der Waals surface area contributed by atoms with Crippen molar-refractivity contribution < 1.29 is 5.11 Å². The van der Waals surface area contributed by atoms with Gasteiger partial charge in [-0.3, -0.25) is 0 Å². The molecular weight excluding hydrogens is 136 g/mol. The van der Waals surface area contributed by atoms with Crippen molar-refractivity contribution in [3.8, 4) is 12.3 Å². The third kappa shape index (κ3) is 2.25. The summed E-state index contributed by atoms with van der Waals surface area (Å²) in [6, 6.07) is 0. The highest BCUT2D eigenvalue weighted by Gasteiger charge is 2.17. The first kappa shape index (κ1) is 8.10. The zero-order valence-electron chi connectivity index (χ0n) is 6.46. The summed E-state index contributed by atoms with van der Waals surface area (Å²) >= 11 is 0. The lowest BCUT2D eigenvalue weighted by molar-refractivity contribution is 0.156. The molecule has 0 aromatic heterocycles. The quantitative estimate of drug-likeness (QED) is 0.409. The Labute approximate surface area is 67.4 Å². The lowest BCUT2D eigenvalue weighted by Crippen LogP contribution is -2.22. The topological polar surface area (TPSA) is 20.2 Å². The normalized spacial score (nSPS) is 30.5. The van der Waals surface area contributed by atoms with E-state index >= 15 is 0 Å². The number of allylic oxidation sites excluding steroid dienone is 2. The predicted octanol–water partition coefficient (Wildman–Crippen LogP) is 1.65. The maximum Gasteiger partial charge on any atom is 0.147 e. The molecule has 0 spiro atoms. The summed E-state index contributed by atoms with van der Waals surface area (Å²) < 4.78 is 0. The summed E-state index contributed by atoms with van der Waals surface area (Å²) in [5, 5.41) is 9.61. The van der Waals surface area contributed by atoms with Crippen LogP contribution in [0.15, 0.2) is 24.3 Å². The van der Waals surface area contributed by atoms with Gasteiger partial charge in [0.1, 0.15) is 5.60 Å². The second kappa shape index (κ2) is 3.41. The first-order chi connectivity index (χ1) is 5.27. The van der Waals surface area contributed by atoms with Crippen LogP contribution in [0.2, 0.25) is 0 Å². The zero-order chi connectivity index (χ0) is 8.16. The van der Waals surface area contributed by atoms with E-state index in [2.05, 4.69) is 5.92 Å². The van der Waals surface area contributed by atoms with E-state index in [4.69, 9.17) is 6.42 Å². The first-order valence-corrected chi connectivity index (χ1v) is 3.80. The minimum absolute atomic E-state index is 0.528. The summed E-state index contributed by atoms with van der Waals surface area (Å²) in [7, 11) is 0. The van der Waals surface area contributed by atoms with Crippen LogP contribution in [0.3, 0.4) is 0 Å². The van der Waals surface area contributed by atoms with Crippen molar-refractivity contribution in [2.75, 3.05) is 0 Å². The van der Waals surface area contributed by atoms with Gasteiger partial charge in [-0.15, -0.1) is 6.42 Å². The molecule has 1 nitrogen and oxygen atoms in total. The molecule has 0 aromatic carbocycles. The SMILES string of the molecule is C#CC1(O)C=CCCC=CC1. The van der Waals surface area contributed by atoms with Gasteiger partial charge in [0.15, 0.2) is 0 Å². The molecule has 58 valence electrons. The van der Waals surface area contributed by atoms with Crippen molar-refractivity contribution in [2.45, 2.75) is 24.9 Å². The molecule has 1 atom stereocenters. The van der Waals surface area contributed by atoms with Crippen LogP contribution in [-0.4, -0.2) is 10.7 Å². The van der Waals surface area contributed by atoms with Gasteiger partial charge in [0.25, 0.3) is 0 Å². The Morgan fingerprint density at radius 3 is 2.73 bits per heavy atom. The minimum atomic E-state index is -1.04. The Hall–Kier alpha value is -1.00. The van der Waals surface area contributed by atoms with Crippen LogP contribution in [0.5, 0.6) is 0 Å². The van der Waals surface area contributed by atoms with Crippen LogP contribution >= 0.6 is 0 Å². The monoisotopic (exact) mass is 148 g/mol. The van der Waals surface area contributed by atoms with E-state index in [-0.39, 0.29) is 0 Å². The number of rotatable bonds is 0. The van der Waals surface area contributed by atoms with Crippen molar-refractivity contribution in [3.63, 3.8) is 0 Å². The van der Waals surface area contributed by atoms with Crippen molar-refractivity contribution in [3.05, 3.63) is 24.3 Å². The average molecular weight is 148 g/mol. The van der Waals surface area contributed by atoms with E-state index in [1.807, 2.05) is 18.2 Å². The zero-order valence-corrected chi connectivity index (χ0v) is 6.46. The van der Waals surface area contributed by atoms with Gasteiger partial charge in [0.2, 0.25) is 0 Å². The third-order valence-corrected chi connectivity index (χ3v) is 1.74. The Balaban J connectivity index is 2.72. The maximum absolute atomic E-state index is 9.61. The van der Waals surface area contributed by atoms with E-state index in [1.54, 1.807) is 6.08 Å². The van der Waals surface area contributed by atoms with Crippen molar-refractivity contribution in [1.82, 2.24) is 0 Å². The maximum atomic E-state index is 9.61. The average Bonchev–Trinajstić information content (AvgIpc) is 1.98. The van der Waals surface area contributed by atoms with Gasteiger partial charge in [-0.1, -0.05) is 24.1 Å². The second-order valence-electron chi connectivity index (χ2n) is 2.72. The van der Waals surface area contributed by atoms with Crippen LogP contribution in [0.4, 0.5) is 0 Å². The Morgan fingerprint density at radius 2 is 2.00 bits per heavy atom. The summed E-state index contributed by atoms with van der Waals surface area (Å²) in [5.74, 6) is 2.37. The Morgan fingerprint density at radius 1 is 1.27 bits per heavy atom. The van der Waals surface area contributed by atoms with Gasteiger partial charge >= 0.3 is 0 Å². The van der Waals surface area contributed by atoms with Gasteiger partial charge in [-0.05, 0) is 18.9 Å². The molecule has 0 aromatic rings. The molecule has 0 saturated heterocycles. The molecule has 1 unspecified atom stereocenters. The molecule has 0 amide bonds. The molecule has 0 heterocycles. The summed E-state index contributed by atoms with van der Waals surface area (Å²) in [5.41, 5.74) is -1.04. The second-order valence-corrected chi connectivity index (χ2v) is 2.72. The molecule has 0 bridgehead atoms. The van der Waals surface area contributed by atoms with Crippen LogP contribution in [0.25, 0.3) is 0 Å². The van der Waals surface area contributed by atoms with Gasteiger partial charge < -0.3 is 5.11 Å². The van der Waals surface area contributed by atoms with Gasteiger partial charge in [0.05, 0.1) is 0 Å². The Kier molecular flexibility index (Phi) is 2.51. The molecule has 0 fully saturated rings. The van der Waals surface area contributed by atoms with E-state index in [9.17, 15) is 5.11 Å². The van der Waals surface area contributed by atoms with Gasteiger partial charge in [0, 0.05) is 6.42 Å². The van der Waals surface area contributed by atoms with Crippen LogP contribution in [-0.2, 0) is 0 Å². The fourth-order valence-electron chi connectivity index (χ4n) is 1.03. The summed E-state index contributed by atoms with van der Waals surface area (Å²) in [6.45, 7) is 0. The van der Waals surface area contributed by atoms with E-state index < -0.39 is 5.60 Å². The molecule has 11 heavy (non-hydrogen) atoms. The third-order valence-electron chi connectivity index (χ3n) is 1.74. The summed E-state index contributed by atoms with van der Waals surface area (Å²) in [6.07, 6.45) is 15.3. The summed E-state index contributed by atoms with van der Waals surface area (Å²) in [4.78, 5) is 0. The van der Waals surface area contributed by atoms with E-state index in [1.165, 1.54) is 0 Å². The van der Waals surface area contributed by atoms with Crippen LogP contribution < -0.4 is 0 Å². The van der Waals surface area contributed by atoms with Crippen molar-refractivity contribution >= 4 is 0 Å². The standard InChI is InChI=1S/C10H12O/c1-2-10(11)8-6-4-3-5-7-9-10/h1,4,6-7,9,11H,3,5,8H2. The van der Waals surface area contributed by atoms with Crippen molar-refractivity contribution in [1.29, 1.82) is 0 Å². The van der Waals surface area contributed by atoms with E-state index in [0.29, 0.717) is 6.42 Å². The lowest BCUT2D eigenvalue weighted by Gasteiger charge is -2.16. The molecule has 1 heteroatoms. The van der Waals surface area contributed by atoms with Gasteiger partial charge in [-0.2, -0.15) is 0 Å². The molecule has 1 rings (SSSR count). The molecular formula is C10H12O. The fourth-order valence-corrected chi connectivity index (χ4v) is 1.03. The van der Waals surface area contributed by atoms with Crippen molar-refractivity contribution in [2.24, 2.45) is 0 Å². The highest BCUT2D eigenvalue weighted by molar-refractivity contribution is 5.22. The first-order valence-electron chi connectivity index (χ1n) is 3.80. The number of terminal acetylenes is 1. The smallest absolute Gasteiger partial charge is 0.147 e. The largest absolute Gasteiger partial charge is 0.374 e. The highest BCUT2D eigenvalue weighted by atomic mass is 16.3. The van der Waals surface area contributed by atoms with Gasteiger partial charge in [-0.25, -0.2) is 0 Å². The molecule has 1 N–H and O–H groups in total. The number of hydrogen-bond acceptors (Lipinski definition) is 1. The lowest BCUT2D eigenvalue weighted by atomic mass is 9.97. The molecule has 0 aliphatic heterocycles. The number of hydrogen-bond donors (Lipinski definition) is 1. The minimum Gasteiger partial charge on any atom is -0.374 e. The Bertz CT molecular complexity index is 220. The molecule has 1 aliphatic rings. The molecule has 0 saturated carbocycles. The molecule has 1 aliphatic carbocycles. The highest BCUT2D eigenvalue weighted by Crippen LogP contribution is 2.15. The number of aliphatic hydroxyl groups is 1. The van der Waals surface area contributed by atoms with Crippen LogP contribution in [0.1, 0.15) is 19.3 Å².